The van der Waals surface area contributed by atoms with Gasteiger partial charge in [0, 0.05) is 24.4 Å². The molecule has 2 aromatic heterocycles. The van der Waals surface area contributed by atoms with E-state index in [4.69, 9.17) is 4.84 Å². The molecule has 0 aliphatic rings. The van der Waals surface area contributed by atoms with Gasteiger partial charge in [-0.1, -0.05) is 60.7 Å². The number of rotatable bonds is 6. The second-order valence-electron chi connectivity index (χ2n) is 6.24. The molecule has 0 N–H and O–H groups in total. The van der Waals surface area contributed by atoms with Gasteiger partial charge in [0.05, 0.1) is 17.4 Å². The van der Waals surface area contributed by atoms with E-state index in [2.05, 4.69) is 40.8 Å². The average molecular weight is 408 g/mol. The summed E-state index contributed by atoms with van der Waals surface area (Å²) in [6.07, 6.45) is 7.14. The highest BCUT2D eigenvalue weighted by Crippen LogP contribution is 2.10. The van der Waals surface area contributed by atoms with E-state index in [0.717, 1.165) is 29.9 Å². The zero-order valence-electron chi connectivity index (χ0n) is 16.6. The minimum Gasteiger partial charge on any atom is -0.413 e. The molecule has 4 nitrogen and oxygen atoms in total. The standard InChI is InChI=1S/C15H18N2O.C9H7N.ClH/c1-3-8-14-12-17(18-4-2)15(16-14)11-13-9-6-5-7-10-13;1-2-6-9-8(4-1)5-3-7-10-9;/h3,5-7,9-10,12H,1,4,8,11H2,2H3;1-7H;1H. The normalized spacial score (nSPS) is 9.83. The lowest BCUT2D eigenvalue weighted by molar-refractivity contribution is 0.115. The largest absolute Gasteiger partial charge is 0.413 e. The molecular weight excluding hydrogens is 382 g/mol. The van der Waals surface area contributed by atoms with Crippen LogP contribution in [0.2, 0.25) is 0 Å². The zero-order chi connectivity index (χ0) is 19.6. The van der Waals surface area contributed by atoms with E-state index in [1.165, 1.54) is 10.9 Å². The fraction of sp³-hybridized carbons (Fsp3) is 0.167. The second kappa shape index (κ2) is 11.7. The predicted molar refractivity (Wildman–Crippen MR) is 121 cm³/mol. The number of halogens is 1. The van der Waals surface area contributed by atoms with Crippen LogP contribution in [0.25, 0.3) is 10.9 Å². The van der Waals surface area contributed by atoms with Crippen LogP contribution in [0.1, 0.15) is 24.0 Å². The number of benzene rings is 2. The van der Waals surface area contributed by atoms with Crippen molar-refractivity contribution in [2.24, 2.45) is 0 Å². The molecule has 0 saturated carbocycles. The van der Waals surface area contributed by atoms with Crippen LogP contribution in [0.5, 0.6) is 0 Å². The van der Waals surface area contributed by atoms with Crippen LogP contribution in [0.4, 0.5) is 0 Å². The number of aromatic nitrogens is 3. The van der Waals surface area contributed by atoms with Crippen molar-refractivity contribution in [2.75, 3.05) is 6.61 Å². The van der Waals surface area contributed by atoms with Crippen LogP contribution >= 0.6 is 12.4 Å². The maximum atomic E-state index is 5.56. The maximum absolute atomic E-state index is 5.56. The molecule has 0 amide bonds. The molecule has 0 bridgehead atoms. The Bertz CT molecular complexity index is 950. The van der Waals surface area contributed by atoms with Gasteiger partial charge < -0.3 is 4.84 Å². The highest BCUT2D eigenvalue weighted by Gasteiger charge is 2.08. The van der Waals surface area contributed by atoms with Gasteiger partial charge >= 0.3 is 0 Å². The number of nitrogens with zero attached hydrogens (tertiary/aromatic N) is 3. The minimum atomic E-state index is 0. The van der Waals surface area contributed by atoms with Gasteiger partial charge in [0.25, 0.3) is 0 Å². The summed E-state index contributed by atoms with van der Waals surface area (Å²) < 4.78 is 1.77. The minimum absolute atomic E-state index is 0. The Morgan fingerprint density at radius 2 is 1.72 bits per heavy atom. The number of hydrogen-bond acceptors (Lipinski definition) is 3. The lowest BCUT2D eigenvalue weighted by Crippen LogP contribution is -2.13. The highest BCUT2D eigenvalue weighted by atomic mass is 35.5. The Balaban J connectivity index is 0.000000231. The number of pyridine rings is 1. The molecule has 0 spiro atoms. The average Bonchev–Trinajstić information content (AvgIpc) is 3.11. The fourth-order valence-electron chi connectivity index (χ4n) is 2.86. The summed E-state index contributed by atoms with van der Waals surface area (Å²) in [6, 6.07) is 22.4. The number of fused-ring (bicyclic) bond motifs is 1. The lowest BCUT2D eigenvalue weighted by Gasteiger charge is -2.07. The van der Waals surface area contributed by atoms with Gasteiger partial charge in [0.2, 0.25) is 0 Å². The number of allylic oxidation sites excluding steroid dienone is 1. The topological polar surface area (TPSA) is 39.9 Å². The van der Waals surface area contributed by atoms with Crippen molar-refractivity contribution in [1.29, 1.82) is 0 Å². The molecule has 4 aromatic rings. The van der Waals surface area contributed by atoms with Gasteiger partial charge in [-0.2, -0.15) is 4.73 Å². The van der Waals surface area contributed by atoms with Crippen molar-refractivity contribution in [1.82, 2.24) is 14.7 Å². The summed E-state index contributed by atoms with van der Waals surface area (Å²) in [7, 11) is 0. The Labute approximate surface area is 178 Å². The van der Waals surface area contributed by atoms with Crippen LogP contribution in [0, 0.1) is 0 Å². The molecular formula is C24H26ClN3O. The van der Waals surface area contributed by atoms with Crippen molar-refractivity contribution in [2.45, 2.75) is 19.8 Å². The molecule has 0 atom stereocenters. The predicted octanol–water partition coefficient (Wildman–Crippen LogP) is 5.31. The molecule has 150 valence electrons. The molecule has 0 aliphatic carbocycles. The monoisotopic (exact) mass is 407 g/mol. The molecule has 5 heteroatoms. The Morgan fingerprint density at radius 1 is 1.00 bits per heavy atom. The zero-order valence-corrected chi connectivity index (χ0v) is 17.4. The van der Waals surface area contributed by atoms with Gasteiger partial charge in [-0.05, 0) is 24.6 Å². The highest BCUT2D eigenvalue weighted by molar-refractivity contribution is 5.85. The van der Waals surface area contributed by atoms with E-state index in [1.54, 1.807) is 4.73 Å². The first-order valence-electron chi connectivity index (χ1n) is 9.45. The Hall–Kier alpha value is -3.11. The summed E-state index contributed by atoms with van der Waals surface area (Å²) >= 11 is 0. The van der Waals surface area contributed by atoms with E-state index in [0.29, 0.717) is 6.61 Å². The third-order valence-corrected chi connectivity index (χ3v) is 4.13. The Morgan fingerprint density at radius 3 is 2.45 bits per heavy atom. The third-order valence-electron chi connectivity index (χ3n) is 4.13. The molecule has 4 rings (SSSR count). The van der Waals surface area contributed by atoms with E-state index < -0.39 is 0 Å². The van der Waals surface area contributed by atoms with Crippen molar-refractivity contribution < 1.29 is 4.84 Å². The quantitative estimate of drug-likeness (QED) is 0.407. The summed E-state index contributed by atoms with van der Waals surface area (Å²) in [5.41, 5.74) is 3.28. The first kappa shape index (κ1) is 22.2. The molecule has 2 aromatic carbocycles. The summed E-state index contributed by atoms with van der Waals surface area (Å²) in [4.78, 5) is 14.3. The van der Waals surface area contributed by atoms with Gasteiger partial charge in [0.15, 0.2) is 0 Å². The molecule has 0 unspecified atom stereocenters. The fourth-order valence-corrected chi connectivity index (χ4v) is 2.86. The summed E-state index contributed by atoms with van der Waals surface area (Å²) in [5.74, 6) is 0.930. The summed E-state index contributed by atoms with van der Waals surface area (Å²) in [5, 5.41) is 1.20. The van der Waals surface area contributed by atoms with Gasteiger partial charge in [0.1, 0.15) is 12.4 Å². The van der Waals surface area contributed by atoms with Gasteiger partial charge in [-0.15, -0.1) is 19.0 Å². The SMILES string of the molecule is C=CCc1cn(OCC)c(Cc2ccccc2)n1.Cl.c1ccc2ncccc2c1. The van der Waals surface area contributed by atoms with E-state index in [9.17, 15) is 0 Å². The van der Waals surface area contributed by atoms with Crippen LogP contribution in [0.15, 0.2) is 91.8 Å². The van der Waals surface area contributed by atoms with Crippen molar-refractivity contribution in [3.8, 4) is 0 Å². The third kappa shape index (κ3) is 6.47. The van der Waals surface area contributed by atoms with Gasteiger partial charge in [-0.3, -0.25) is 4.98 Å². The van der Waals surface area contributed by atoms with Crippen LogP contribution in [-0.2, 0) is 12.8 Å². The van der Waals surface area contributed by atoms with Crippen LogP contribution in [0.3, 0.4) is 0 Å². The number of para-hydroxylation sites is 1. The van der Waals surface area contributed by atoms with E-state index in [1.807, 2.05) is 67.9 Å². The number of hydrogen-bond donors (Lipinski definition) is 0. The molecule has 0 aliphatic heterocycles. The van der Waals surface area contributed by atoms with Crippen molar-refractivity contribution in [3.63, 3.8) is 0 Å². The summed E-state index contributed by atoms with van der Waals surface area (Å²) in [6.45, 7) is 6.34. The second-order valence-corrected chi connectivity index (χ2v) is 6.24. The molecule has 0 fully saturated rings. The van der Waals surface area contributed by atoms with Crippen LogP contribution < -0.4 is 4.84 Å². The Kier molecular flexibility index (Phi) is 8.93. The van der Waals surface area contributed by atoms with Gasteiger partial charge in [-0.25, -0.2) is 4.98 Å². The maximum Gasteiger partial charge on any atom is 0.149 e. The first-order chi connectivity index (χ1) is 13.8. The molecule has 0 radical (unpaired) electrons. The first-order valence-corrected chi connectivity index (χ1v) is 9.45. The molecule has 0 saturated heterocycles. The molecule has 29 heavy (non-hydrogen) atoms. The van der Waals surface area contributed by atoms with E-state index >= 15 is 0 Å². The number of imidazole rings is 1. The van der Waals surface area contributed by atoms with Crippen LogP contribution in [-0.4, -0.2) is 21.3 Å². The molecule has 2 heterocycles. The van der Waals surface area contributed by atoms with Crippen molar-refractivity contribution in [3.05, 3.63) is 109 Å². The van der Waals surface area contributed by atoms with Crippen molar-refractivity contribution >= 4 is 23.3 Å². The lowest BCUT2D eigenvalue weighted by atomic mass is 10.1. The smallest absolute Gasteiger partial charge is 0.149 e. The van der Waals surface area contributed by atoms with E-state index in [-0.39, 0.29) is 12.4 Å².